The number of nitrogens with one attached hydrogen (secondary N) is 1. The third-order valence-corrected chi connectivity index (χ3v) is 5.59. The van der Waals surface area contributed by atoms with Gasteiger partial charge >= 0.3 is 0 Å². The zero-order valence-electron chi connectivity index (χ0n) is 11.7. The summed E-state index contributed by atoms with van der Waals surface area (Å²) in [7, 11) is 0. The maximum Gasteiger partial charge on any atom is 0.227 e. The van der Waals surface area contributed by atoms with Crippen molar-refractivity contribution in [3.8, 4) is 0 Å². The van der Waals surface area contributed by atoms with Crippen LogP contribution in [0.4, 0.5) is 0 Å². The number of thiophene rings is 1. The van der Waals surface area contributed by atoms with E-state index in [-0.39, 0.29) is 24.5 Å². The zero-order valence-corrected chi connectivity index (χ0v) is 12.5. The Bertz CT molecular complexity index is 501. The fourth-order valence-electron chi connectivity index (χ4n) is 3.13. The molecule has 1 aromatic rings. The van der Waals surface area contributed by atoms with Crippen molar-refractivity contribution >= 4 is 17.2 Å². The van der Waals surface area contributed by atoms with E-state index >= 15 is 0 Å². The van der Waals surface area contributed by atoms with Gasteiger partial charge in [0.05, 0.1) is 12.0 Å². The second-order valence-corrected chi connectivity index (χ2v) is 6.83. The third-order valence-electron chi connectivity index (χ3n) is 4.60. The van der Waals surface area contributed by atoms with E-state index in [4.69, 9.17) is 4.74 Å². The summed E-state index contributed by atoms with van der Waals surface area (Å²) >= 11 is 1.74. The summed E-state index contributed by atoms with van der Waals surface area (Å²) in [5.41, 5.74) is 0.267. The van der Waals surface area contributed by atoms with Gasteiger partial charge in [0, 0.05) is 24.4 Å². The average Bonchev–Trinajstić information content (AvgIpc) is 3.04. The summed E-state index contributed by atoms with van der Waals surface area (Å²) in [5, 5.41) is 15.4. The molecule has 2 heterocycles. The van der Waals surface area contributed by atoms with Crippen molar-refractivity contribution in [3.05, 3.63) is 21.9 Å². The van der Waals surface area contributed by atoms with Gasteiger partial charge in [0.1, 0.15) is 5.60 Å². The van der Waals surface area contributed by atoms with Crippen LogP contribution in [0.25, 0.3) is 0 Å². The molecule has 0 aromatic carbocycles. The molecule has 1 aliphatic heterocycles. The fourth-order valence-corrected chi connectivity index (χ4v) is 4.11. The fraction of sp³-hybridized carbons (Fsp3) is 0.667. The molecule has 0 radical (unpaired) electrons. The van der Waals surface area contributed by atoms with Crippen molar-refractivity contribution in [2.24, 2.45) is 0 Å². The van der Waals surface area contributed by atoms with Gasteiger partial charge < -0.3 is 15.2 Å². The zero-order chi connectivity index (χ0) is 14.2. The van der Waals surface area contributed by atoms with E-state index in [0.717, 1.165) is 19.3 Å². The van der Waals surface area contributed by atoms with Gasteiger partial charge in [0.2, 0.25) is 5.91 Å². The van der Waals surface area contributed by atoms with E-state index in [2.05, 4.69) is 16.8 Å². The molecule has 1 amide bonds. The standard InChI is InChI=1S/C15H21NO3S/c1-10-15(18,6-7-19-10)9-16-14(17)12-3-2-4-13-11(12)5-8-20-13/h5,8,10,12,18H,2-4,6-7,9H2,1H3,(H,16,17). The summed E-state index contributed by atoms with van der Waals surface area (Å²) in [5.74, 6) is -0.0110. The van der Waals surface area contributed by atoms with E-state index in [1.54, 1.807) is 11.3 Å². The van der Waals surface area contributed by atoms with Crippen molar-refractivity contribution in [2.45, 2.75) is 50.2 Å². The van der Waals surface area contributed by atoms with Gasteiger partial charge in [-0.3, -0.25) is 4.79 Å². The van der Waals surface area contributed by atoms with Crippen LogP contribution in [0.5, 0.6) is 0 Å². The lowest BCUT2D eigenvalue weighted by molar-refractivity contribution is -0.124. The van der Waals surface area contributed by atoms with Crippen molar-refractivity contribution in [1.82, 2.24) is 5.32 Å². The van der Waals surface area contributed by atoms with Crippen LogP contribution in [0.3, 0.4) is 0 Å². The number of amides is 1. The molecule has 1 saturated heterocycles. The molecule has 4 nitrogen and oxygen atoms in total. The Morgan fingerprint density at radius 3 is 3.25 bits per heavy atom. The normalized spacial score (nSPS) is 32.9. The van der Waals surface area contributed by atoms with Crippen LogP contribution in [0, 0.1) is 0 Å². The average molecular weight is 295 g/mol. The Morgan fingerprint density at radius 1 is 1.65 bits per heavy atom. The second-order valence-electron chi connectivity index (χ2n) is 5.83. The predicted molar refractivity (Wildman–Crippen MR) is 78.0 cm³/mol. The molecule has 1 aromatic heterocycles. The number of ether oxygens (including phenoxy) is 1. The highest BCUT2D eigenvalue weighted by molar-refractivity contribution is 7.10. The van der Waals surface area contributed by atoms with Crippen molar-refractivity contribution in [1.29, 1.82) is 0 Å². The lowest BCUT2D eigenvalue weighted by Crippen LogP contribution is -2.48. The van der Waals surface area contributed by atoms with Gasteiger partial charge in [0.25, 0.3) is 0 Å². The first-order chi connectivity index (χ1) is 9.60. The Morgan fingerprint density at radius 2 is 2.50 bits per heavy atom. The Labute approximate surface area is 123 Å². The summed E-state index contributed by atoms with van der Waals surface area (Å²) in [6.07, 6.45) is 3.43. The minimum atomic E-state index is -0.915. The summed E-state index contributed by atoms with van der Waals surface area (Å²) in [6.45, 7) is 2.70. The van der Waals surface area contributed by atoms with Gasteiger partial charge in [-0.25, -0.2) is 0 Å². The summed E-state index contributed by atoms with van der Waals surface area (Å²) < 4.78 is 5.39. The SMILES string of the molecule is CC1OCCC1(O)CNC(=O)C1CCCc2sccc21. The Hall–Kier alpha value is -0.910. The lowest BCUT2D eigenvalue weighted by atomic mass is 9.87. The number of hydrogen-bond donors (Lipinski definition) is 2. The summed E-state index contributed by atoms with van der Waals surface area (Å²) in [6, 6.07) is 2.07. The van der Waals surface area contributed by atoms with E-state index < -0.39 is 5.60 Å². The van der Waals surface area contributed by atoms with Crippen LogP contribution in [0.1, 0.15) is 42.5 Å². The Kier molecular flexibility index (Phi) is 3.84. The van der Waals surface area contributed by atoms with Crippen LogP contribution < -0.4 is 5.32 Å². The quantitative estimate of drug-likeness (QED) is 0.894. The molecule has 0 spiro atoms. The molecular formula is C15H21NO3S. The highest BCUT2D eigenvalue weighted by Gasteiger charge is 2.40. The largest absolute Gasteiger partial charge is 0.385 e. The first kappa shape index (κ1) is 14.0. The van der Waals surface area contributed by atoms with Crippen molar-refractivity contribution < 1.29 is 14.6 Å². The van der Waals surface area contributed by atoms with Crippen LogP contribution in [-0.4, -0.2) is 35.9 Å². The molecule has 2 N–H and O–H groups in total. The number of aryl methyl sites for hydroxylation is 1. The van der Waals surface area contributed by atoms with E-state index in [1.807, 2.05) is 6.92 Å². The molecule has 5 heteroatoms. The number of fused-ring (bicyclic) bond motifs is 1. The minimum Gasteiger partial charge on any atom is -0.385 e. The first-order valence-corrected chi connectivity index (χ1v) is 8.16. The molecule has 3 atom stereocenters. The molecule has 0 bridgehead atoms. The minimum absolute atomic E-state index is 0.0388. The highest BCUT2D eigenvalue weighted by atomic mass is 32.1. The number of carbonyl (C=O) groups is 1. The first-order valence-electron chi connectivity index (χ1n) is 7.28. The third kappa shape index (κ3) is 2.50. The van der Waals surface area contributed by atoms with Crippen molar-refractivity contribution in [2.75, 3.05) is 13.2 Å². The molecule has 1 fully saturated rings. The maximum absolute atomic E-state index is 12.4. The van der Waals surface area contributed by atoms with E-state index in [1.165, 1.54) is 10.4 Å². The molecule has 1 aliphatic carbocycles. The molecule has 3 unspecified atom stereocenters. The smallest absolute Gasteiger partial charge is 0.227 e. The lowest BCUT2D eigenvalue weighted by Gasteiger charge is -2.28. The highest BCUT2D eigenvalue weighted by Crippen LogP contribution is 2.35. The van der Waals surface area contributed by atoms with Gasteiger partial charge in [0.15, 0.2) is 0 Å². The number of carbonyl (C=O) groups excluding carboxylic acids is 1. The van der Waals surface area contributed by atoms with Crippen LogP contribution in [-0.2, 0) is 16.0 Å². The topological polar surface area (TPSA) is 58.6 Å². The number of hydrogen-bond acceptors (Lipinski definition) is 4. The maximum atomic E-state index is 12.4. The second kappa shape index (κ2) is 5.47. The monoisotopic (exact) mass is 295 g/mol. The van der Waals surface area contributed by atoms with Crippen LogP contribution in [0.2, 0.25) is 0 Å². The van der Waals surface area contributed by atoms with Crippen LogP contribution in [0.15, 0.2) is 11.4 Å². The summed E-state index contributed by atoms with van der Waals surface area (Å²) in [4.78, 5) is 13.7. The number of aliphatic hydroxyl groups is 1. The predicted octanol–water partition coefficient (Wildman–Crippen LogP) is 1.82. The van der Waals surface area contributed by atoms with Gasteiger partial charge in [-0.05, 0) is 43.2 Å². The molecule has 2 aliphatic rings. The molecule has 110 valence electrons. The molecular weight excluding hydrogens is 274 g/mol. The van der Waals surface area contributed by atoms with Crippen molar-refractivity contribution in [3.63, 3.8) is 0 Å². The molecule has 20 heavy (non-hydrogen) atoms. The van der Waals surface area contributed by atoms with Gasteiger partial charge in [-0.15, -0.1) is 11.3 Å². The molecule has 0 saturated carbocycles. The van der Waals surface area contributed by atoms with Gasteiger partial charge in [-0.1, -0.05) is 0 Å². The van der Waals surface area contributed by atoms with Crippen LogP contribution >= 0.6 is 11.3 Å². The Balaban J connectivity index is 1.64. The van der Waals surface area contributed by atoms with E-state index in [0.29, 0.717) is 13.0 Å². The number of rotatable bonds is 3. The van der Waals surface area contributed by atoms with Gasteiger partial charge in [-0.2, -0.15) is 0 Å². The molecule has 3 rings (SSSR count). The van der Waals surface area contributed by atoms with E-state index in [9.17, 15) is 9.90 Å².